The molecular weight excluding hydrogens is 589 g/mol. The molecular formula is C29H31Cl2N3O6S. The van der Waals surface area contributed by atoms with Gasteiger partial charge in [0.2, 0.25) is 21.8 Å². The molecule has 1 atom stereocenters. The van der Waals surface area contributed by atoms with Gasteiger partial charge in [0.05, 0.1) is 11.9 Å². The van der Waals surface area contributed by atoms with Crippen LogP contribution in [0.1, 0.15) is 18.1 Å². The van der Waals surface area contributed by atoms with Gasteiger partial charge < -0.3 is 19.7 Å². The average Bonchev–Trinajstić information content (AvgIpc) is 2.94. The molecule has 218 valence electrons. The largest absolute Gasteiger partial charge is 0.486 e. The van der Waals surface area contributed by atoms with Crippen LogP contribution in [0.25, 0.3) is 0 Å². The van der Waals surface area contributed by atoms with Crippen molar-refractivity contribution in [1.29, 1.82) is 0 Å². The first kappa shape index (κ1) is 30.5. The number of amides is 2. The Morgan fingerprint density at radius 1 is 0.976 bits per heavy atom. The number of carbonyl (C=O) groups is 2. The summed E-state index contributed by atoms with van der Waals surface area (Å²) in [5.74, 6) is -0.106. The fraction of sp³-hybridized carbons (Fsp3) is 0.310. The molecule has 1 aliphatic rings. The number of nitrogens with one attached hydrogen (secondary N) is 1. The first-order chi connectivity index (χ1) is 19.6. The zero-order chi connectivity index (χ0) is 29.6. The number of likely N-dealkylation sites (N-methyl/N-ethyl adjacent to an activating group) is 1. The molecule has 0 saturated heterocycles. The van der Waals surface area contributed by atoms with Crippen molar-refractivity contribution in [3.63, 3.8) is 0 Å². The van der Waals surface area contributed by atoms with Crippen molar-refractivity contribution in [2.24, 2.45) is 0 Å². The number of sulfonamides is 1. The monoisotopic (exact) mass is 619 g/mol. The highest BCUT2D eigenvalue weighted by Gasteiger charge is 2.33. The third-order valence-electron chi connectivity index (χ3n) is 6.47. The molecule has 0 aromatic heterocycles. The van der Waals surface area contributed by atoms with Gasteiger partial charge in [-0.1, -0.05) is 59.6 Å². The molecule has 0 aliphatic carbocycles. The predicted molar refractivity (Wildman–Crippen MR) is 159 cm³/mol. The van der Waals surface area contributed by atoms with Crippen LogP contribution in [-0.2, 0) is 32.6 Å². The zero-order valence-corrected chi connectivity index (χ0v) is 25.0. The van der Waals surface area contributed by atoms with E-state index in [0.717, 1.165) is 16.1 Å². The highest BCUT2D eigenvalue weighted by atomic mass is 35.5. The zero-order valence-electron chi connectivity index (χ0n) is 22.7. The normalized spacial score (nSPS) is 13.3. The number of halogens is 2. The van der Waals surface area contributed by atoms with Gasteiger partial charge in [0.25, 0.3) is 0 Å². The van der Waals surface area contributed by atoms with E-state index in [-0.39, 0.29) is 24.6 Å². The Labute approximate surface area is 250 Å². The Hall–Kier alpha value is -3.47. The first-order valence-electron chi connectivity index (χ1n) is 13.0. The maximum Gasteiger partial charge on any atom is 0.244 e. The van der Waals surface area contributed by atoms with Gasteiger partial charge in [-0.25, -0.2) is 8.42 Å². The maximum absolute atomic E-state index is 14.1. The minimum Gasteiger partial charge on any atom is -0.486 e. The second kappa shape index (κ2) is 13.5. The Bertz CT molecular complexity index is 1500. The van der Waals surface area contributed by atoms with Crippen LogP contribution in [-0.4, -0.2) is 63.7 Å². The van der Waals surface area contributed by atoms with Crippen molar-refractivity contribution >= 4 is 50.7 Å². The van der Waals surface area contributed by atoms with Crippen molar-refractivity contribution in [3.8, 4) is 11.5 Å². The minimum absolute atomic E-state index is 0.0534. The lowest BCUT2D eigenvalue weighted by molar-refractivity contribution is -0.140. The van der Waals surface area contributed by atoms with E-state index < -0.39 is 28.5 Å². The quantitative estimate of drug-likeness (QED) is 0.343. The van der Waals surface area contributed by atoms with Gasteiger partial charge in [0.1, 0.15) is 25.8 Å². The summed E-state index contributed by atoms with van der Waals surface area (Å²) in [6.45, 7) is 2.22. The Morgan fingerprint density at radius 2 is 1.68 bits per heavy atom. The molecule has 1 N–H and O–H groups in total. The summed E-state index contributed by atoms with van der Waals surface area (Å²) in [7, 11) is -3.93. The smallest absolute Gasteiger partial charge is 0.244 e. The molecule has 1 heterocycles. The second-order valence-corrected chi connectivity index (χ2v) is 12.2. The molecule has 9 nitrogen and oxygen atoms in total. The van der Waals surface area contributed by atoms with Crippen molar-refractivity contribution in [3.05, 3.63) is 87.9 Å². The number of nitrogens with zero attached hydrogens (tertiary/aromatic N) is 2. The molecule has 0 bridgehead atoms. The molecule has 0 spiro atoms. The van der Waals surface area contributed by atoms with Crippen molar-refractivity contribution in [2.75, 3.05) is 36.9 Å². The van der Waals surface area contributed by atoms with Crippen LogP contribution in [0, 0.1) is 0 Å². The van der Waals surface area contributed by atoms with Crippen LogP contribution in [0.4, 0.5) is 5.69 Å². The van der Waals surface area contributed by atoms with E-state index in [9.17, 15) is 18.0 Å². The summed E-state index contributed by atoms with van der Waals surface area (Å²) >= 11 is 12.6. The van der Waals surface area contributed by atoms with Crippen LogP contribution in [0.5, 0.6) is 11.5 Å². The number of benzene rings is 3. The van der Waals surface area contributed by atoms with Crippen LogP contribution >= 0.6 is 23.2 Å². The van der Waals surface area contributed by atoms with Crippen LogP contribution < -0.4 is 19.1 Å². The lowest BCUT2D eigenvalue weighted by Crippen LogP contribution is -2.53. The molecule has 0 fully saturated rings. The number of carbonyl (C=O) groups excluding carboxylic acids is 2. The molecule has 41 heavy (non-hydrogen) atoms. The van der Waals surface area contributed by atoms with E-state index in [1.807, 2.05) is 30.3 Å². The molecule has 0 radical (unpaired) electrons. The molecule has 0 unspecified atom stereocenters. The summed E-state index contributed by atoms with van der Waals surface area (Å²) < 4.78 is 38.1. The highest BCUT2D eigenvalue weighted by molar-refractivity contribution is 7.92. The summed E-state index contributed by atoms with van der Waals surface area (Å²) in [5, 5.41) is 3.55. The lowest BCUT2D eigenvalue weighted by atomic mass is 10.0. The standard InChI is InChI=1S/C29H31Cl2N3O6S/c1-3-32-29(36)25(15-20-7-5-4-6-8-20)33(18-21-9-10-22(30)16-24(21)31)28(35)19-34(41(2,37)38)23-11-12-26-27(17-23)40-14-13-39-26/h4-12,16-17,25H,3,13-15,18-19H2,1-2H3,(H,32,36)/t25-/m0/s1. The topological polar surface area (TPSA) is 105 Å². The van der Waals surface area contributed by atoms with E-state index in [4.69, 9.17) is 32.7 Å². The summed E-state index contributed by atoms with van der Waals surface area (Å²) in [5.41, 5.74) is 1.61. The van der Waals surface area contributed by atoms with Gasteiger partial charge in [-0.05, 0) is 42.3 Å². The predicted octanol–water partition coefficient (Wildman–Crippen LogP) is 4.31. The van der Waals surface area contributed by atoms with E-state index in [2.05, 4.69) is 5.32 Å². The van der Waals surface area contributed by atoms with E-state index >= 15 is 0 Å². The van der Waals surface area contributed by atoms with Crippen molar-refractivity contribution in [2.45, 2.75) is 25.9 Å². The van der Waals surface area contributed by atoms with Crippen LogP contribution in [0.2, 0.25) is 10.0 Å². The van der Waals surface area contributed by atoms with Crippen molar-refractivity contribution < 1.29 is 27.5 Å². The van der Waals surface area contributed by atoms with E-state index in [1.54, 1.807) is 37.3 Å². The van der Waals surface area contributed by atoms with Crippen LogP contribution in [0.3, 0.4) is 0 Å². The van der Waals surface area contributed by atoms with E-state index in [0.29, 0.717) is 46.9 Å². The maximum atomic E-state index is 14.1. The molecule has 0 saturated carbocycles. The highest BCUT2D eigenvalue weighted by Crippen LogP contribution is 2.35. The van der Waals surface area contributed by atoms with Gasteiger partial charge >= 0.3 is 0 Å². The van der Waals surface area contributed by atoms with Gasteiger partial charge in [-0.2, -0.15) is 0 Å². The average molecular weight is 621 g/mol. The fourth-order valence-corrected chi connectivity index (χ4v) is 5.79. The molecule has 4 rings (SSSR count). The number of ether oxygens (including phenoxy) is 2. The van der Waals surface area contributed by atoms with Gasteiger partial charge in [0.15, 0.2) is 11.5 Å². The minimum atomic E-state index is -3.93. The number of rotatable bonds is 11. The summed E-state index contributed by atoms with van der Waals surface area (Å²) in [6, 6.07) is 17.9. The van der Waals surface area contributed by atoms with Gasteiger partial charge in [0, 0.05) is 35.6 Å². The third-order valence-corrected chi connectivity index (χ3v) is 8.20. The number of hydrogen-bond donors (Lipinski definition) is 1. The second-order valence-electron chi connectivity index (χ2n) is 9.46. The number of anilines is 1. The first-order valence-corrected chi connectivity index (χ1v) is 15.6. The molecule has 1 aliphatic heterocycles. The van der Waals surface area contributed by atoms with E-state index in [1.165, 1.54) is 11.0 Å². The summed E-state index contributed by atoms with van der Waals surface area (Å²) in [4.78, 5) is 28.9. The number of fused-ring (bicyclic) bond motifs is 1. The molecule has 3 aromatic carbocycles. The molecule has 2 amide bonds. The molecule has 12 heteroatoms. The van der Waals surface area contributed by atoms with Crippen molar-refractivity contribution in [1.82, 2.24) is 10.2 Å². The summed E-state index contributed by atoms with van der Waals surface area (Å²) in [6.07, 6.45) is 1.22. The van der Waals surface area contributed by atoms with Crippen LogP contribution in [0.15, 0.2) is 66.7 Å². The Morgan fingerprint density at radius 3 is 2.34 bits per heavy atom. The molecule has 3 aromatic rings. The Balaban J connectivity index is 1.74. The SMILES string of the molecule is CCNC(=O)[C@H](Cc1ccccc1)N(Cc1ccc(Cl)cc1Cl)C(=O)CN(c1ccc2c(c1)OCCO2)S(C)(=O)=O. The van der Waals surface area contributed by atoms with Gasteiger partial charge in [-0.3, -0.25) is 13.9 Å². The van der Waals surface area contributed by atoms with Gasteiger partial charge in [-0.15, -0.1) is 0 Å². The Kier molecular flexibility index (Phi) is 10.0. The number of hydrogen-bond acceptors (Lipinski definition) is 6. The third kappa shape index (κ3) is 7.84. The fourth-order valence-electron chi connectivity index (χ4n) is 4.48. The lowest BCUT2D eigenvalue weighted by Gasteiger charge is -2.33.